The van der Waals surface area contributed by atoms with E-state index in [4.69, 9.17) is 5.73 Å². The highest BCUT2D eigenvalue weighted by atomic mass is 16.3. The van der Waals surface area contributed by atoms with E-state index in [1.807, 2.05) is 19.9 Å². The third-order valence-corrected chi connectivity index (χ3v) is 2.40. The molecule has 4 N–H and O–H groups in total. The van der Waals surface area contributed by atoms with Gasteiger partial charge in [-0.3, -0.25) is 0 Å². The van der Waals surface area contributed by atoms with Crippen molar-refractivity contribution in [3.8, 4) is 11.5 Å². The minimum Gasteiger partial charge on any atom is -0.504 e. The Labute approximate surface area is 90.5 Å². The average Bonchev–Trinajstić information content (AvgIpc) is 2.06. The molecule has 0 aliphatic heterocycles. The van der Waals surface area contributed by atoms with Gasteiger partial charge in [0.2, 0.25) is 0 Å². The van der Waals surface area contributed by atoms with Crippen LogP contribution in [0.25, 0.3) is 0 Å². The van der Waals surface area contributed by atoms with E-state index in [2.05, 4.69) is 6.92 Å². The minimum atomic E-state index is -0.229. The molecule has 0 heterocycles. The number of hydrogen-bond donors (Lipinski definition) is 3. The molecule has 0 saturated heterocycles. The molecule has 15 heavy (non-hydrogen) atoms. The standard InChI is InChI=1S/C12H19NO2/c1-8(7-12(2,3)13)9-4-5-10(14)11(15)6-9/h4-6,8,14-15H,7,13H2,1-3H3. The fraction of sp³-hybridized carbons (Fsp3) is 0.500. The van der Waals surface area contributed by atoms with E-state index in [9.17, 15) is 10.2 Å². The highest BCUT2D eigenvalue weighted by molar-refractivity contribution is 5.41. The molecule has 1 rings (SSSR count). The molecule has 1 aromatic rings. The molecule has 1 aromatic carbocycles. The molecule has 0 aliphatic carbocycles. The van der Waals surface area contributed by atoms with Gasteiger partial charge in [0.15, 0.2) is 11.5 Å². The quantitative estimate of drug-likeness (QED) is 0.669. The van der Waals surface area contributed by atoms with Crippen LogP contribution in [0.1, 0.15) is 38.7 Å². The first kappa shape index (κ1) is 11.9. The second kappa shape index (κ2) is 4.11. The summed E-state index contributed by atoms with van der Waals surface area (Å²) in [5.41, 5.74) is 6.69. The molecule has 0 spiro atoms. The molecule has 0 aliphatic rings. The van der Waals surface area contributed by atoms with E-state index in [1.165, 1.54) is 6.07 Å². The Kier molecular flexibility index (Phi) is 3.25. The van der Waals surface area contributed by atoms with Crippen LogP contribution in [-0.4, -0.2) is 15.8 Å². The van der Waals surface area contributed by atoms with E-state index in [1.54, 1.807) is 6.07 Å². The van der Waals surface area contributed by atoms with Gasteiger partial charge in [-0.2, -0.15) is 0 Å². The van der Waals surface area contributed by atoms with Crippen molar-refractivity contribution in [1.82, 2.24) is 0 Å². The zero-order valence-corrected chi connectivity index (χ0v) is 9.49. The Morgan fingerprint density at radius 1 is 1.27 bits per heavy atom. The third kappa shape index (κ3) is 3.44. The second-order valence-corrected chi connectivity index (χ2v) is 4.84. The normalized spacial score (nSPS) is 13.9. The van der Waals surface area contributed by atoms with Crippen LogP contribution in [-0.2, 0) is 0 Å². The summed E-state index contributed by atoms with van der Waals surface area (Å²) in [4.78, 5) is 0. The molecular formula is C12H19NO2. The Balaban J connectivity index is 2.83. The Morgan fingerprint density at radius 2 is 1.87 bits per heavy atom. The van der Waals surface area contributed by atoms with Gasteiger partial charge in [-0.05, 0) is 43.9 Å². The van der Waals surface area contributed by atoms with E-state index < -0.39 is 0 Å². The summed E-state index contributed by atoms with van der Waals surface area (Å²) in [5, 5.41) is 18.5. The van der Waals surface area contributed by atoms with Gasteiger partial charge in [0, 0.05) is 5.54 Å². The summed E-state index contributed by atoms with van der Waals surface area (Å²) in [6.07, 6.45) is 0.831. The number of rotatable bonds is 3. The fourth-order valence-electron chi connectivity index (χ4n) is 1.75. The topological polar surface area (TPSA) is 66.5 Å². The number of phenols is 2. The minimum absolute atomic E-state index is 0.0748. The van der Waals surface area contributed by atoms with Crippen LogP contribution in [0.15, 0.2) is 18.2 Å². The Hall–Kier alpha value is -1.22. The SMILES string of the molecule is CC(CC(C)(C)N)c1ccc(O)c(O)c1. The lowest BCUT2D eigenvalue weighted by Gasteiger charge is -2.23. The van der Waals surface area contributed by atoms with Gasteiger partial charge >= 0.3 is 0 Å². The van der Waals surface area contributed by atoms with Crippen molar-refractivity contribution in [2.45, 2.75) is 38.6 Å². The first-order valence-corrected chi connectivity index (χ1v) is 5.10. The summed E-state index contributed by atoms with van der Waals surface area (Å²) in [5.74, 6) is 0.101. The van der Waals surface area contributed by atoms with Crippen molar-refractivity contribution >= 4 is 0 Å². The molecule has 0 aromatic heterocycles. The Bertz CT molecular complexity index is 342. The molecule has 0 radical (unpaired) electrons. The summed E-state index contributed by atoms with van der Waals surface area (Å²) < 4.78 is 0. The Morgan fingerprint density at radius 3 is 2.33 bits per heavy atom. The molecular weight excluding hydrogens is 190 g/mol. The summed E-state index contributed by atoms with van der Waals surface area (Å²) in [6, 6.07) is 4.90. The van der Waals surface area contributed by atoms with Crippen molar-refractivity contribution in [2.24, 2.45) is 5.73 Å². The maximum atomic E-state index is 9.37. The molecule has 3 nitrogen and oxygen atoms in total. The number of phenolic OH excluding ortho intramolecular Hbond substituents is 2. The molecule has 0 saturated carbocycles. The smallest absolute Gasteiger partial charge is 0.157 e. The first-order valence-electron chi connectivity index (χ1n) is 5.10. The molecule has 0 fully saturated rings. The molecule has 84 valence electrons. The number of benzene rings is 1. The molecule has 1 atom stereocenters. The van der Waals surface area contributed by atoms with Gasteiger partial charge in [0.25, 0.3) is 0 Å². The second-order valence-electron chi connectivity index (χ2n) is 4.84. The lowest BCUT2D eigenvalue weighted by molar-refractivity contribution is 0.400. The van der Waals surface area contributed by atoms with Crippen LogP contribution in [0.5, 0.6) is 11.5 Å². The third-order valence-electron chi connectivity index (χ3n) is 2.40. The summed E-state index contributed by atoms with van der Waals surface area (Å²) in [7, 11) is 0. The van der Waals surface area contributed by atoms with Gasteiger partial charge in [-0.25, -0.2) is 0 Å². The molecule has 0 bridgehead atoms. The lowest BCUT2D eigenvalue weighted by atomic mass is 9.88. The number of nitrogens with two attached hydrogens (primary N) is 1. The first-order chi connectivity index (χ1) is 6.79. The monoisotopic (exact) mass is 209 g/mol. The predicted molar refractivity (Wildman–Crippen MR) is 61.1 cm³/mol. The van der Waals surface area contributed by atoms with E-state index >= 15 is 0 Å². The van der Waals surface area contributed by atoms with Crippen molar-refractivity contribution in [3.05, 3.63) is 23.8 Å². The maximum Gasteiger partial charge on any atom is 0.157 e. The van der Waals surface area contributed by atoms with Gasteiger partial charge in [-0.1, -0.05) is 13.0 Å². The van der Waals surface area contributed by atoms with Crippen LogP contribution in [0.4, 0.5) is 0 Å². The zero-order valence-electron chi connectivity index (χ0n) is 9.49. The van der Waals surface area contributed by atoms with Crippen LogP contribution >= 0.6 is 0 Å². The van der Waals surface area contributed by atoms with E-state index in [0.29, 0.717) is 0 Å². The number of aromatic hydroxyl groups is 2. The summed E-state index contributed by atoms with van der Waals surface area (Å²) >= 11 is 0. The van der Waals surface area contributed by atoms with Crippen molar-refractivity contribution in [1.29, 1.82) is 0 Å². The molecule has 1 unspecified atom stereocenters. The van der Waals surface area contributed by atoms with Gasteiger partial charge in [0.05, 0.1) is 0 Å². The number of hydrogen-bond acceptors (Lipinski definition) is 3. The van der Waals surface area contributed by atoms with Crippen LogP contribution in [0.2, 0.25) is 0 Å². The van der Waals surface area contributed by atoms with Gasteiger partial charge < -0.3 is 15.9 Å². The van der Waals surface area contributed by atoms with Crippen LogP contribution in [0, 0.1) is 0 Å². The highest BCUT2D eigenvalue weighted by Crippen LogP contribution is 2.31. The fourth-order valence-corrected chi connectivity index (χ4v) is 1.75. The average molecular weight is 209 g/mol. The van der Waals surface area contributed by atoms with E-state index in [0.717, 1.165) is 12.0 Å². The van der Waals surface area contributed by atoms with Gasteiger partial charge in [-0.15, -0.1) is 0 Å². The largest absolute Gasteiger partial charge is 0.504 e. The van der Waals surface area contributed by atoms with Crippen molar-refractivity contribution < 1.29 is 10.2 Å². The maximum absolute atomic E-state index is 9.37. The van der Waals surface area contributed by atoms with Crippen LogP contribution < -0.4 is 5.73 Å². The predicted octanol–water partition coefficient (Wildman–Crippen LogP) is 2.33. The van der Waals surface area contributed by atoms with Crippen LogP contribution in [0.3, 0.4) is 0 Å². The molecule has 3 heteroatoms. The van der Waals surface area contributed by atoms with Gasteiger partial charge in [0.1, 0.15) is 0 Å². The highest BCUT2D eigenvalue weighted by Gasteiger charge is 2.17. The van der Waals surface area contributed by atoms with Crippen molar-refractivity contribution in [3.63, 3.8) is 0 Å². The molecule has 0 amide bonds. The lowest BCUT2D eigenvalue weighted by Crippen LogP contribution is -2.33. The summed E-state index contributed by atoms with van der Waals surface area (Å²) in [6.45, 7) is 6.01. The van der Waals surface area contributed by atoms with Crippen molar-refractivity contribution in [2.75, 3.05) is 0 Å². The zero-order chi connectivity index (χ0) is 11.6. The van der Waals surface area contributed by atoms with E-state index in [-0.39, 0.29) is 23.0 Å².